The van der Waals surface area contributed by atoms with Crippen LogP contribution in [0.15, 0.2) is 10.5 Å². The smallest absolute Gasteiger partial charge is 0.341 e. The van der Waals surface area contributed by atoms with Crippen LogP contribution in [-0.2, 0) is 20.9 Å². The molecule has 2 aromatic rings. The largest absolute Gasteiger partial charge is 0.465 e. The van der Waals surface area contributed by atoms with Crippen molar-refractivity contribution in [3.8, 4) is 0 Å². The highest BCUT2D eigenvalue weighted by atomic mass is 32.1. The number of amides is 1. The van der Waals surface area contributed by atoms with Crippen LogP contribution in [0.2, 0.25) is 0 Å². The van der Waals surface area contributed by atoms with Gasteiger partial charge in [-0.1, -0.05) is 0 Å². The van der Waals surface area contributed by atoms with Crippen molar-refractivity contribution >= 4 is 34.2 Å². The monoisotopic (exact) mass is 365 g/mol. The third-order valence-electron chi connectivity index (χ3n) is 3.60. The fraction of sp³-hybridized carbons (Fsp3) is 0.353. The number of rotatable bonds is 5. The minimum Gasteiger partial charge on any atom is -0.465 e. The summed E-state index contributed by atoms with van der Waals surface area (Å²) in [6.07, 6.45) is 0. The number of esters is 2. The van der Waals surface area contributed by atoms with Crippen LogP contribution in [0, 0.1) is 20.8 Å². The van der Waals surface area contributed by atoms with E-state index in [9.17, 15) is 14.4 Å². The lowest BCUT2D eigenvalue weighted by atomic mass is 10.1. The number of nitrogens with one attached hydrogen (secondary N) is 1. The molecule has 1 amide bonds. The lowest BCUT2D eigenvalue weighted by Crippen LogP contribution is -2.11. The zero-order valence-electron chi connectivity index (χ0n) is 14.6. The van der Waals surface area contributed by atoms with Crippen molar-refractivity contribution in [2.75, 3.05) is 12.4 Å². The number of furan rings is 1. The summed E-state index contributed by atoms with van der Waals surface area (Å²) in [7, 11) is 1.28. The SMILES string of the molecule is COC(=O)c1cc(COC(=O)c2c(NC(C)=O)sc(C)c2C)oc1C. The normalized spacial score (nSPS) is 10.4. The van der Waals surface area contributed by atoms with Gasteiger partial charge in [0.2, 0.25) is 5.91 Å². The third kappa shape index (κ3) is 4.08. The first-order valence-electron chi connectivity index (χ1n) is 7.46. The van der Waals surface area contributed by atoms with E-state index in [1.807, 2.05) is 6.92 Å². The summed E-state index contributed by atoms with van der Waals surface area (Å²) in [6.45, 7) is 6.52. The number of ether oxygens (including phenoxy) is 2. The van der Waals surface area contributed by atoms with Gasteiger partial charge in [0, 0.05) is 11.8 Å². The molecular formula is C17H19NO6S. The van der Waals surface area contributed by atoms with Crippen molar-refractivity contribution in [2.45, 2.75) is 34.3 Å². The summed E-state index contributed by atoms with van der Waals surface area (Å²) >= 11 is 1.32. The Morgan fingerprint density at radius 1 is 1.20 bits per heavy atom. The number of carbonyl (C=O) groups excluding carboxylic acids is 3. The summed E-state index contributed by atoms with van der Waals surface area (Å²) in [5.74, 6) is -0.633. The molecule has 0 saturated heterocycles. The average Bonchev–Trinajstić information content (AvgIpc) is 3.04. The number of methoxy groups -OCH3 is 1. The zero-order valence-corrected chi connectivity index (χ0v) is 15.5. The van der Waals surface area contributed by atoms with Gasteiger partial charge < -0.3 is 19.2 Å². The number of hydrogen-bond acceptors (Lipinski definition) is 7. The van der Waals surface area contributed by atoms with Crippen molar-refractivity contribution < 1.29 is 28.3 Å². The molecule has 0 spiro atoms. The van der Waals surface area contributed by atoms with Gasteiger partial charge in [-0.25, -0.2) is 9.59 Å². The highest BCUT2D eigenvalue weighted by molar-refractivity contribution is 7.16. The van der Waals surface area contributed by atoms with E-state index >= 15 is 0 Å². The van der Waals surface area contributed by atoms with Crippen LogP contribution < -0.4 is 5.32 Å². The van der Waals surface area contributed by atoms with Gasteiger partial charge in [0.15, 0.2) is 0 Å². The molecule has 25 heavy (non-hydrogen) atoms. The van der Waals surface area contributed by atoms with Gasteiger partial charge in [0.1, 0.15) is 28.7 Å². The lowest BCUT2D eigenvalue weighted by Gasteiger charge is -2.06. The molecule has 0 aliphatic carbocycles. The van der Waals surface area contributed by atoms with Crippen molar-refractivity contribution in [3.63, 3.8) is 0 Å². The molecule has 0 fully saturated rings. The third-order valence-corrected chi connectivity index (χ3v) is 4.72. The van der Waals surface area contributed by atoms with Crippen LogP contribution in [0.25, 0.3) is 0 Å². The van der Waals surface area contributed by atoms with Crippen LogP contribution in [0.1, 0.15) is 49.6 Å². The van der Waals surface area contributed by atoms with E-state index < -0.39 is 11.9 Å². The van der Waals surface area contributed by atoms with E-state index in [1.165, 1.54) is 31.4 Å². The van der Waals surface area contributed by atoms with Crippen molar-refractivity contribution in [1.82, 2.24) is 0 Å². The van der Waals surface area contributed by atoms with Crippen LogP contribution in [0.4, 0.5) is 5.00 Å². The Morgan fingerprint density at radius 3 is 2.48 bits per heavy atom. The van der Waals surface area contributed by atoms with E-state index in [1.54, 1.807) is 13.8 Å². The summed E-state index contributed by atoms with van der Waals surface area (Å²) in [5, 5.41) is 3.10. The first-order valence-corrected chi connectivity index (χ1v) is 8.28. The summed E-state index contributed by atoms with van der Waals surface area (Å²) < 4.78 is 15.3. The first-order chi connectivity index (χ1) is 11.7. The standard InChI is InChI=1S/C17H19NO6S/c1-8-10(3)25-15(18-11(4)19)14(8)17(21)23-7-12-6-13(9(2)24-12)16(20)22-5/h6H,7H2,1-5H3,(H,18,19). The number of anilines is 1. The molecule has 0 unspecified atom stereocenters. The molecule has 2 aromatic heterocycles. The van der Waals surface area contributed by atoms with E-state index in [0.717, 1.165) is 10.4 Å². The molecule has 0 atom stereocenters. The maximum atomic E-state index is 12.4. The molecule has 0 bridgehead atoms. The summed E-state index contributed by atoms with van der Waals surface area (Å²) in [6, 6.07) is 1.48. The molecule has 0 saturated carbocycles. The molecule has 134 valence electrons. The Bertz CT molecular complexity index is 833. The highest BCUT2D eigenvalue weighted by Gasteiger charge is 2.23. The van der Waals surface area contributed by atoms with E-state index in [0.29, 0.717) is 22.1 Å². The van der Waals surface area contributed by atoms with Crippen molar-refractivity contribution in [3.05, 3.63) is 39.2 Å². The van der Waals surface area contributed by atoms with Crippen LogP contribution >= 0.6 is 11.3 Å². The van der Waals surface area contributed by atoms with Gasteiger partial charge in [0.05, 0.1) is 12.7 Å². The number of aryl methyl sites for hydroxylation is 2. The lowest BCUT2D eigenvalue weighted by molar-refractivity contribution is -0.114. The number of thiophene rings is 1. The molecule has 0 aliphatic rings. The molecule has 2 rings (SSSR count). The van der Waals surface area contributed by atoms with Crippen LogP contribution in [0.5, 0.6) is 0 Å². The van der Waals surface area contributed by atoms with Crippen molar-refractivity contribution in [1.29, 1.82) is 0 Å². The second kappa shape index (κ2) is 7.52. The van der Waals surface area contributed by atoms with E-state index in [4.69, 9.17) is 9.15 Å². The Morgan fingerprint density at radius 2 is 1.88 bits per heavy atom. The Kier molecular flexibility index (Phi) is 5.63. The number of hydrogen-bond donors (Lipinski definition) is 1. The van der Waals surface area contributed by atoms with Gasteiger partial charge in [0.25, 0.3) is 0 Å². The van der Waals surface area contributed by atoms with Gasteiger partial charge in [-0.2, -0.15) is 0 Å². The van der Waals surface area contributed by atoms with Gasteiger partial charge in [-0.15, -0.1) is 11.3 Å². The molecular weight excluding hydrogens is 346 g/mol. The maximum absolute atomic E-state index is 12.4. The molecule has 7 nitrogen and oxygen atoms in total. The Hall–Kier alpha value is -2.61. The molecule has 2 heterocycles. The van der Waals surface area contributed by atoms with Crippen LogP contribution in [0.3, 0.4) is 0 Å². The summed E-state index contributed by atoms with van der Waals surface area (Å²) in [4.78, 5) is 36.2. The predicted octanol–water partition coefficient (Wildman–Crippen LogP) is 3.37. The quantitative estimate of drug-likeness (QED) is 0.816. The minimum atomic E-state index is -0.570. The van der Waals surface area contributed by atoms with Crippen molar-refractivity contribution in [2.24, 2.45) is 0 Å². The van der Waals surface area contributed by atoms with E-state index in [-0.39, 0.29) is 18.1 Å². The molecule has 0 aromatic carbocycles. The van der Waals surface area contributed by atoms with Gasteiger partial charge in [-0.05, 0) is 32.4 Å². The molecule has 0 aliphatic heterocycles. The number of carbonyl (C=O) groups is 3. The summed E-state index contributed by atoms with van der Waals surface area (Å²) in [5.41, 5.74) is 1.37. The van der Waals surface area contributed by atoms with Crippen LogP contribution in [-0.4, -0.2) is 25.0 Å². The second-order valence-electron chi connectivity index (χ2n) is 5.42. The molecule has 8 heteroatoms. The fourth-order valence-electron chi connectivity index (χ4n) is 2.26. The Balaban J connectivity index is 2.16. The average molecular weight is 365 g/mol. The first kappa shape index (κ1) is 18.7. The predicted molar refractivity (Wildman–Crippen MR) is 92.0 cm³/mol. The minimum absolute atomic E-state index is 0.134. The maximum Gasteiger partial charge on any atom is 0.341 e. The zero-order chi connectivity index (χ0) is 18.7. The van der Waals surface area contributed by atoms with Gasteiger partial charge in [-0.3, -0.25) is 4.79 Å². The second-order valence-corrected chi connectivity index (χ2v) is 6.64. The molecule has 1 N–H and O–H groups in total. The fourth-order valence-corrected chi connectivity index (χ4v) is 3.35. The highest BCUT2D eigenvalue weighted by Crippen LogP contribution is 2.33. The Labute approximate surface area is 148 Å². The molecule has 0 radical (unpaired) electrons. The van der Waals surface area contributed by atoms with E-state index in [2.05, 4.69) is 10.1 Å². The van der Waals surface area contributed by atoms with Gasteiger partial charge >= 0.3 is 11.9 Å². The topological polar surface area (TPSA) is 94.8 Å².